The zero-order chi connectivity index (χ0) is 26.7. The lowest BCUT2D eigenvalue weighted by Gasteiger charge is -2.21. The fourth-order valence-corrected chi connectivity index (χ4v) is 3.62. The summed E-state index contributed by atoms with van der Waals surface area (Å²) in [5, 5.41) is 10.8. The highest BCUT2D eigenvalue weighted by Crippen LogP contribution is 2.13. The number of likely N-dealkylation sites (N-methyl/N-ethyl adjacent to an activating group) is 1. The maximum absolute atomic E-state index is 12.5. The molecule has 0 aliphatic heterocycles. The van der Waals surface area contributed by atoms with Gasteiger partial charge in [0.2, 0.25) is 23.6 Å². The molecule has 2 aromatic carbocycles. The Bertz CT molecular complexity index is 1110. The van der Waals surface area contributed by atoms with Crippen LogP contribution in [0.1, 0.15) is 49.9 Å². The molecular formula is C28H36N4O4. The summed E-state index contributed by atoms with van der Waals surface area (Å²) in [5.74, 6) is -0.940. The molecule has 0 spiro atoms. The number of carbonyl (C=O) groups is 4. The van der Waals surface area contributed by atoms with Crippen LogP contribution in [0.2, 0.25) is 0 Å². The van der Waals surface area contributed by atoms with Gasteiger partial charge in [0.1, 0.15) is 12.1 Å². The summed E-state index contributed by atoms with van der Waals surface area (Å²) in [6.45, 7) is 7.16. The molecule has 0 bridgehead atoms. The molecule has 0 aliphatic rings. The molecule has 0 saturated carbocycles. The minimum Gasteiger partial charge on any atom is -0.357 e. The molecule has 8 nitrogen and oxygen atoms in total. The van der Waals surface area contributed by atoms with Crippen LogP contribution in [0.5, 0.6) is 0 Å². The van der Waals surface area contributed by atoms with Crippen LogP contribution in [-0.4, -0.2) is 42.8 Å². The van der Waals surface area contributed by atoms with Gasteiger partial charge in [-0.3, -0.25) is 19.2 Å². The van der Waals surface area contributed by atoms with Gasteiger partial charge >= 0.3 is 0 Å². The Kier molecular flexibility index (Phi) is 10.9. The highest BCUT2D eigenvalue weighted by molar-refractivity contribution is 5.88. The standard InChI is InChI=1S/C28H36N4O4/c1-18(2)26(32-20(4)33)28(36)30-17-24-11-7-9-22(15-24)13-12-21-8-6-10-23(14-21)16-25(34)31-19(3)27(35)29-5/h6-15,18-19,26H,16-17H2,1-5H3,(H,29,35)(H,30,36)(H,31,34)(H,32,33)/b13-12-/t19-,26-/m0/s1. The van der Waals surface area contributed by atoms with Crippen molar-refractivity contribution in [2.75, 3.05) is 7.05 Å². The van der Waals surface area contributed by atoms with Crippen molar-refractivity contribution in [2.45, 2.75) is 52.7 Å². The Morgan fingerprint density at radius 3 is 1.97 bits per heavy atom. The van der Waals surface area contributed by atoms with Gasteiger partial charge in [-0.25, -0.2) is 0 Å². The van der Waals surface area contributed by atoms with Crippen LogP contribution in [0.4, 0.5) is 0 Å². The zero-order valence-electron chi connectivity index (χ0n) is 21.6. The van der Waals surface area contributed by atoms with Crippen molar-refractivity contribution in [1.29, 1.82) is 0 Å². The molecule has 2 atom stereocenters. The van der Waals surface area contributed by atoms with E-state index in [1.807, 2.05) is 74.5 Å². The van der Waals surface area contributed by atoms with Crippen LogP contribution < -0.4 is 21.3 Å². The van der Waals surface area contributed by atoms with Crippen molar-refractivity contribution in [2.24, 2.45) is 5.92 Å². The van der Waals surface area contributed by atoms with E-state index in [1.54, 1.807) is 6.92 Å². The van der Waals surface area contributed by atoms with Gasteiger partial charge in [-0.1, -0.05) is 68.5 Å². The Morgan fingerprint density at radius 1 is 0.833 bits per heavy atom. The molecule has 0 saturated heterocycles. The second-order valence-electron chi connectivity index (χ2n) is 9.04. The number of amides is 4. The Hall–Kier alpha value is -3.94. The molecular weight excluding hydrogens is 456 g/mol. The first kappa shape index (κ1) is 28.3. The van der Waals surface area contributed by atoms with Crippen molar-refractivity contribution >= 4 is 35.8 Å². The minimum atomic E-state index is -0.593. The fourth-order valence-electron chi connectivity index (χ4n) is 3.62. The Balaban J connectivity index is 1.99. The van der Waals surface area contributed by atoms with E-state index >= 15 is 0 Å². The monoisotopic (exact) mass is 492 g/mol. The first-order valence-electron chi connectivity index (χ1n) is 12.0. The summed E-state index contributed by atoms with van der Waals surface area (Å²) in [4.78, 5) is 47.8. The highest BCUT2D eigenvalue weighted by atomic mass is 16.2. The Morgan fingerprint density at radius 2 is 1.42 bits per heavy atom. The van der Waals surface area contributed by atoms with Gasteiger partial charge in [-0.2, -0.15) is 0 Å². The smallest absolute Gasteiger partial charge is 0.243 e. The Labute approximate surface area is 212 Å². The first-order chi connectivity index (χ1) is 17.1. The van der Waals surface area contributed by atoms with E-state index in [-0.39, 0.29) is 36.0 Å². The third-order valence-electron chi connectivity index (χ3n) is 5.53. The summed E-state index contributed by atoms with van der Waals surface area (Å²) in [6, 6.07) is 14.3. The summed E-state index contributed by atoms with van der Waals surface area (Å²) in [7, 11) is 1.53. The lowest BCUT2D eigenvalue weighted by molar-refractivity contribution is -0.129. The van der Waals surface area contributed by atoms with Crippen LogP contribution in [0.25, 0.3) is 12.2 Å². The normalized spacial score (nSPS) is 12.6. The van der Waals surface area contributed by atoms with E-state index in [4.69, 9.17) is 0 Å². The van der Waals surface area contributed by atoms with Crippen molar-refractivity contribution in [3.05, 3.63) is 70.8 Å². The molecule has 192 valence electrons. The number of carbonyl (C=O) groups excluding carboxylic acids is 4. The van der Waals surface area contributed by atoms with E-state index in [1.165, 1.54) is 14.0 Å². The SMILES string of the molecule is CNC(=O)[C@H](C)NC(=O)Cc1cccc(/C=C\c2cccc(CNC(=O)[C@@H](NC(C)=O)C(C)C)c2)c1. The summed E-state index contributed by atoms with van der Waals surface area (Å²) >= 11 is 0. The number of nitrogens with one attached hydrogen (secondary N) is 4. The third-order valence-corrected chi connectivity index (χ3v) is 5.53. The van der Waals surface area contributed by atoms with E-state index in [9.17, 15) is 19.2 Å². The second-order valence-corrected chi connectivity index (χ2v) is 9.04. The molecule has 4 N–H and O–H groups in total. The van der Waals surface area contributed by atoms with Gasteiger partial charge in [0.15, 0.2) is 0 Å². The van der Waals surface area contributed by atoms with Crippen molar-refractivity contribution in [1.82, 2.24) is 21.3 Å². The number of hydrogen-bond donors (Lipinski definition) is 4. The molecule has 36 heavy (non-hydrogen) atoms. The number of rotatable bonds is 11. The van der Waals surface area contributed by atoms with Crippen molar-refractivity contribution < 1.29 is 19.2 Å². The summed E-state index contributed by atoms with van der Waals surface area (Å²) in [6.07, 6.45) is 4.10. The van der Waals surface area contributed by atoms with E-state index < -0.39 is 12.1 Å². The second kappa shape index (κ2) is 13.8. The fraction of sp³-hybridized carbons (Fsp3) is 0.357. The molecule has 0 aliphatic carbocycles. The molecule has 8 heteroatoms. The first-order valence-corrected chi connectivity index (χ1v) is 12.0. The summed E-state index contributed by atoms with van der Waals surface area (Å²) < 4.78 is 0. The number of hydrogen-bond acceptors (Lipinski definition) is 4. The van der Waals surface area contributed by atoms with Crippen LogP contribution in [0.15, 0.2) is 48.5 Å². The maximum atomic E-state index is 12.5. The molecule has 2 aromatic rings. The largest absolute Gasteiger partial charge is 0.357 e. The molecule has 4 amide bonds. The topological polar surface area (TPSA) is 116 Å². The van der Waals surface area contributed by atoms with Gasteiger partial charge in [0.05, 0.1) is 6.42 Å². The van der Waals surface area contributed by atoms with Crippen LogP contribution in [0.3, 0.4) is 0 Å². The van der Waals surface area contributed by atoms with Gasteiger partial charge in [-0.15, -0.1) is 0 Å². The lowest BCUT2D eigenvalue weighted by atomic mass is 10.0. The van der Waals surface area contributed by atoms with Gasteiger partial charge in [-0.05, 0) is 41.2 Å². The van der Waals surface area contributed by atoms with Crippen LogP contribution >= 0.6 is 0 Å². The van der Waals surface area contributed by atoms with Gasteiger partial charge in [0.25, 0.3) is 0 Å². The molecule has 0 unspecified atom stereocenters. The molecule has 0 heterocycles. The zero-order valence-corrected chi connectivity index (χ0v) is 21.6. The third kappa shape index (κ3) is 9.37. The predicted molar refractivity (Wildman–Crippen MR) is 141 cm³/mol. The quantitative estimate of drug-likeness (QED) is 0.361. The summed E-state index contributed by atoms with van der Waals surface area (Å²) in [5.41, 5.74) is 3.68. The minimum absolute atomic E-state index is 0.0238. The predicted octanol–water partition coefficient (Wildman–Crippen LogP) is 2.43. The maximum Gasteiger partial charge on any atom is 0.243 e. The van der Waals surface area contributed by atoms with Crippen molar-refractivity contribution in [3.8, 4) is 0 Å². The average molecular weight is 493 g/mol. The van der Waals surface area contributed by atoms with E-state index in [0.29, 0.717) is 6.54 Å². The van der Waals surface area contributed by atoms with E-state index in [0.717, 1.165) is 22.3 Å². The lowest BCUT2D eigenvalue weighted by Crippen LogP contribution is -2.48. The molecule has 0 fully saturated rings. The van der Waals surface area contributed by atoms with Crippen LogP contribution in [0, 0.1) is 5.92 Å². The average Bonchev–Trinajstić information content (AvgIpc) is 2.84. The molecule has 2 rings (SSSR count). The molecule has 0 aromatic heterocycles. The molecule has 0 radical (unpaired) electrons. The van der Waals surface area contributed by atoms with Crippen LogP contribution in [-0.2, 0) is 32.1 Å². The van der Waals surface area contributed by atoms with E-state index in [2.05, 4.69) is 21.3 Å². The van der Waals surface area contributed by atoms with Gasteiger partial charge < -0.3 is 21.3 Å². The highest BCUT2D eigenvalue weighted by Gasteiger charge is 2.22. The van der Waals surface area contributed by atoms with Crippen molar-refractivity contribution in [3.63, 3.8) is 0 Å². The number of benzene rings is 2. The van der Waals surface area contributed by atoms with Gasteiger partial charge in [0, 0.05) is 20.5 Å².